The SMILES string of the molecule is Cc1ccc2nc(C3CCCN3c3ncnc4sccc34)[nH]c2c1. The van der Waals surface area contributed by atoms with E-state index >= 15 is 0 Å². The second-order valence-corrected chi connectivity index (χ2v) is 7.23. The average molecular weight is 335 g/mol. The number of imidazole rings is 1. The summed E-state index contributed by atoms with van der Waals surface area (Å²) in [5.74, 6) is 2.07. The highest BCUT2D eigenvalue weighted by Crippen LogP contribution is 2.38. The van der Waals surface area contributed by atoms with Crippen molar-refractivity contribution >= 4 is 38.4 Å². The Bertz CT molecular complexity index is 1030. The molecule has 1 N–H and O–H groups in total. The van der Waals surface area contributed by atoms with E-state index in [1.807, 2.05) is 0 Å². The van der Waals surface area contributed by atoms with Crippen LogP contribution in [0.2, 0.25) is 0 Å². The third kappa shape index (κ3) is 2.10. The Balaban J connectivity index is 1.60. The highest BCUT2D eigenvalue weighted by molar-refractivity contribution is 7.16. The second-order valence-electron chi connectivity index (χ2n) is 6.33. The van der Waals surface area contributed by atoms with Gasteiger partial charge in [-0.1, -0.05) is 6.07 Å². The summed E-state index contributed by atoms with van der Waals surface area (Å²) in [4.78, 5) is 20.7. The molecule has 1 atom stereocenters. The maximum absolute atomic E-state index is 4.84. The van der Waals surface area contributed by atoms with Crippen LogP contribution in [0.1, 0.15) is 30.3 Å². The lowest BCUT2D eigenvalue weighted by molar-refractivity contribution is 0.674. The summed E-state index contributed by atoms with van der Waals surface area (Å²) in [6.07, 6.45) is 3.91. The zero-order chi connectivity index (χ0) is 16.1. The molecule has 0 amide bonds. The molecule has 0 spiro atoms. The van der Waals surface area contributed by atoms with Crippen LogP contribution in [0, 0.1) is 6.92 Å². The highest BCUT2D eigenvalue weighted by Gasteiger charge is 2.30. The topological polar surface area (TPSA) is 57.7 Å². The highest BCUT2D eigenvalue weighted by atomic mass is 32.1. The number of nitrogens with one attached hydrogen (secondary N) is 1. The molecule has 1 unspecified atom stereocenters. The van der Waals surface area contributed by atoms with Gasteiger partial charge in [-0.3, -0.25) is 0 Å². The van der Waals surface area contributed by atoms with Crippen molar-refractivity contribution in [1.29, 1.82) is 0 Å². The van der Waals surface area contributed by atoms with Crippen molar-refractivity contribution in [1.82, 2.24) is 19.9 Å². The molecule has 1 saturated heterocycles. The molecule has 1 aromatic carbocycles. The van der Waals surface area contributed by atoms with Crippen molar-refractivity contribution in [2.24, 2.45) is 0 Å². The first kappa shape index (κ1) is 13.9. The van der Waals surface area contributed by atoms with Gasteiger partial charge >= 0.3 is 0 Å². The van der Waals surface area contributed by atoms with Crippen molar-refractivity contribution in [3.63, 3.8) is 0 Å². The molecule has 4 heterocycles. The number of thiophene rings is 1. The number of anilines is 1. The van der Waals surface area contributed by atoms with Crippen LogP contribution in [0.5, 0.6) is 0 Å². The number of aromatic nitrogens is 4. The first-order chi connectivity index (χ1) is 11.8. The number of rotatable bonds is 2. The molecule has 24 heavy (non-hydrogen) atoms. The van der Waals surface area contributed by atoms with Gasteiger partial charge in [0.2, 0.25) is 0 Å². The van der Waals surface area contributed by atoms with Crippen LogP contribution >= 0.6 is 11.3 Å². The van der Waals surface area contributed by atoms with Gasteiger partial charge in [-0.05, 0) is 48.9 Å². The molecule has 1 fully saturated rings. The van der Waals surface area contributed by atoms with Crippen LogP contribution in [-0.2, 0) is 0 Å². The minimum absolute atomic E-state index is 0.246. The summed E-state index contributed by atoms with van der Waals surface area (Å²) in [5.41, 5.74) is 3.39. The maximum atomic E-state index is 4.84. The first-order valence-corrected chi connectivity index (χ1v) is 9.09. The number of fused-ring (bicyclic) bond motifs is 2. The monoisotopic (exact) mass is 335 g/mol. The van der Waals surface area contributed by atoms with Crippen LogP contribution in [-0.4, -0.2) is 26.5 Å². The number of hydrogen-bond acceptors (Lipinski definition) is 5. The third-order valence-corrected chi connectivity index (χ3v) is 5.56. The summed E-state index contributed by atoms with van der Waals surface area (Å²) >= 11 is 1.66. The minimum Gasteiger partial charge on any atom is -0.346 e. The molecular weight excluding hydrogens is 318 g/mol. The van der Waals surface area contributed by atoms with E-state index < -0.39 is 0 Å². The molecule has 4 aromatic rings. The Kier molecular flexibility index (Phi) is 3.06. The van der Waals surface area contributed by atoms with Gasteiger partial charge in [0.1, 0.15) is 22.8 Å². The van der Waals surface area contributed by atoms with Crippen LogP contribution < -0.4 is 4.90 Å². The van der Waals surface area contributed by atoms with Gasteiger partial charge < -0.3 is 9.88 Å². The van der Waals surface area contributed by atoms with Gasteiger partial charge in [-0.25, -0.2) is 15.0 Å². The Labute approximate surface area is 143 Å². The van der Waals surface area contributed by atoms with E-state index in [4.69, 9.17) is 4.98 Å². The molecule has 120 valence electrons. The fourth-order valence-electron chi connectivity index (χ4n) is 3.61. The van der Waals surface area contributed by atoms with Gasteiger partial charge in [0.25, 0.3) is 0 Å². The molecule has 1 aliphatic rings. The van der Waals surface area contributed by atoms with Crippen molar-refractivity contribution in [2.75, 3.05) is 11.4 Å². The molecule has 0 bridgehead atoms. The first-order valence-electron chi connectivity index (χ1n) is 8.21. The smallest absolute Gasteiger partial charge is 0.141 e. The number of hydrogen-bond donors (Lipinski definition) is 1. The summed E-state index contributed by atoms with van der Waals surface area (Å²) in [5, 5.41) is 3.22. The molecule has 0 radical (unpaired) electrons. The fraction of sp³-hybridized carbons (Fsp3) is 0.278. The molecule has 3 aromatic heterocycles. The van der Waals surface area contributed by atoms with E-state index in [2.05, 4.69) is 56.4 Å². The molecule has 6 heteroatoms. The van der Waals surface area contributed by atoms with Gasteiger partial charge in [-0.15, -0.1) is 11.3 Å². The minimum atomic E-state index is 0.246. The quantitative estimate of drug-likeness (QED) is 0.596. The second kappa shape index (κ2) is 5.27. The molecular formula is C18H17N5S. The van der Waals surface area contributed by atoms with Gasteiger partial charge in [0.05, 0.1) is 22.5 Å². The van der Waals surface area contributed by atoms with Crippen LogP contribution in [0.15, 0.2) is 36.0 Å². The van der Waals surface area contributed by atoms with Crippen LogP contribution in [0.4, 0.5) is 5.82 Å². The Morgan fingerprint density at radius 1 is 1.25 bits per heavy atom. The lowest BCUT2D eigenvalue weighted by Gasteiger charge is -2.24. The fourth-order valence-corrected chi connectivity index (χ4v) is 4.34. The van der Waals surface area contributed by atoms with Crippen molar-refractivity contribution < 1.29 is 0 Å². The number of aryl methyl sites for hydroxylation is 1. The van der Waals surface area contributed by atoms with Crippen molar-refractivity contribution in [3.05, 3.63) is 47.4 Å². The van der Waals surface area contributed by atoms with E-state index in [0.717, 1.165) is 52.3 Å². The summed E-state index contributed by atoms with van der Waals surface area (Å²) < 4.78 is 0. The standard InChI is InChI=1S/C18H17N5S/c1-11-4-5-13-14(9-11)22-16(21-13)15-3-2-7-23(15)17-12-6-8-24-18(12)20-10-19-17/h4-6,8-10,15H,2-3,7H2,1H3,(H,21,22). The van der Waals surface area contributed by atoms with E-state index in [-0.39, 0.29) is 6.04 Å². The van der Waals surface area contributed by atoms with Gasteiger partial charge in [-0.2, -0.15) is 0 Å². The maximum Gasteiger partial charge on any atom is 0.141 e. The van der Waals surface area contributed by atoms with E-state index in [1.54, 1.807) is 17.7 Å². The summed E-state index contributed by atoms with van der Waals surface area (Å²) in [6, 6.07) is 8.72. The van der Waals surface area contributed by atoms with Crippen LogP contribution in [0.25, 0.3) is 21.3 Å². The normalized spacial score (nSPS) is 18.0. The van der Waals surface area contributed by atoms with E-state index in [9.17, 15) is 0 Å². The molecule has 1 aliphatic heterocycles. The summed E-state index contributed by atoms with van der Waals surface area (Å²) in [7, 11) is 0. The Hall–Kier alpha value is -2.47. The molecule has 0 saturated carbocycles. The number of H-pyrrole nitrogens is 1. The summed E-state index contributed by atoms with van der Waals surface area (Å²) in [6.45, 7) is 3.11. The molecule has 5 nitrogen and oxygen atoms in total. The van der Waals surface area contributed by atoms with E-state index in [0.29, 0.717) is 0 Å². The predicted octanol–water partition coefficient (Wildman–Crippen LogP) is 4.22. The third-order valence-electron chi connectivity index (χ3n) is 4.74. The van der Waals surface area contributed by atoms with Crippen LogP contribution in [0.3, 0.4) is 0 Å². The number of aromatic amines is 1. The zero-order valence-electron chi connectivity index (χ0n) is 13.4. The largest absolute Gasteiger partial charge is 0.346 e. The molecule has 0 aliphatic carbocycles. The molecule has 5 rings (SSSR count). The zero-order valence-corrected chi connectivity index (χ0v) is 14.2. The number of benzene rings is 1. The predicted molar refractivity (Wildman–Crippen MR) is 97.6 cm³/mol. The van der Waals surface area contributed by atoms with Gasteiger partial charge in [0, 0.05) is 6.54 Å². The average Bonchev–Trinajstić information content (AvgIpc) is 3.31. The van der Waals surface area contributed by atoms with Crippen molar-refractivity contribution in [2.45, 2.75) is 25.8 Å². The lowest BCUT2D eigenvalue weighted by atomic mass is 10.2. The van der Waals surface area contributed by atoms with Gasteiger partial charge in [0.15, 0.2) is 0 Å². The Morgan fingerprint density at radius 2 is 2.21 bits per heavy atom. The Morgan fingerprint density at radius 3 is 3.17 bits per heavy atom. The number of nitrogens with zero attached hydrogens (tertiary/aromatic N) is 4. The lowest BCUT2D eigenvalue weighted by Crippen LogP contribution is -2.24. The van der Waals surface area contributed by atoms with E-state index in [1.165, 1.54) is 5.56 Å². The van der Waals surface area contributed by atoms with Crippen molar-refractivity contribution in [3.8, 4) is 0 Å².